The second kappa shape index (κ2) is 9.19. The number of halogens is 1. The van der Waals surface area contributed by atoms with Gasteiger partial charge < -0.3 is 15.0 Å². The number of rotatable bonds is 9. The van der Waals surface area contributed by atoms with Gasteiger partial charge in [0.25, 0.3) is 0 Å². The van der Waals surface area contributed by atoms with E-state index in [9.17, 15) is 4.79 Å². The molecule has 24 heavy (non-hydrogen) atoms. The van der Waals surface area contributed by atoms with Gasteiger partial charge in [-0.25, -0.2) is 4.68 Å². The van der Waals surface area contributed by atoms with Crippen LogP contribution in [0.15, 0.2) is 24.3 Å². The highest BCUT2D eigenvalue weighted by Crippen LogP contribution is 2.16. The van der Waals surface area contributed by atoms with Gasteiger partial charge in [0.1, 0.15) is 18.9 Å². The molecule has 1 amide bonds. The molecule has 0 saturated heterocycles. The summed E-state index contributed by atoms with van der Waals surface area (Å²) in [4.78, 5) is 14.0. The Kier molecular flexibility index (Phi) is 6.95. The Morgan fingerprint density at radius 2 is 2.08 bits per heavy atom. The highest BCUT2D eigenvalue weighted by atomic mass is 35.5. The van der Waals surface area contributed by atoms with Gasteiger partial charge in [-0.1, -0.05) is 11.6 Å². The molecule has 0 radical (unpaired) electrons. The molecule has 0 aliphatic rings. The van der Waals surface area contributed by atoms with Gasteiger partial charge in [0, 0.05) is 11.6 Å². The van der Waals surface area contributed by atoms with E-state index in [2.05, 4.69) is 25.7 Å². The van der Waals surface area contributed by atoms with Crippen molar-refractivity contribution in [2.75, 3.05) is 27.2 Å². The molecular formula is C15H21ClN6O2. The van der Waals surface area contributed by atoms with E-state index < -0.39 is 0 Å². The van der Waals surface area contributed by atoms with E-state index in [0.29, 0.717) is 23.1 Å². The van der Waals surface area contributed by atoms with Crippen LogP contribution < -0.4 is 10.1 Å². The fourth-order valence-corrected chi connectivity index (χ4v) is 2.07. The van der Waals surface area contributed by atoms with Gasteiger partial charge in [0.05, 0.1) is 0 Å². The fourth-order valence-electron chi connectivity index (χ4n) is 1.94. The van der Waals surface area contributed by atoms with E-state index in [1.807, 2.05) is 14.1 Å². The number of ether oxygens (including phenoxy) is 1. The summed E-state index contributed by atoms with van der Waals surface area (Å²) < 4.78 is 7.02. The van der Waals surface area contributed by atoms with Crippen LogP contribution in [0.25, 0.3) is 0 Å². The molecule has 0 aliphatic carbocycles. The van der Waals surface area contributed by atoms with Crippen molar-refractivity contribution in [3.8, 4) is 5.75 Å². The number of benzene rings is 1. The number of carbonyl (C=O) groups excluding carboxylic acids is 1. The molecule has 2 rings (SSSR count). The van der Waals surface area contributed by atoms with Crippen LogP contribution in [0, 0.1) is 0 Å². The number of hydrogen-bond donors (Lipinski definition) is 1. The normalized spacial score (nSPS) is 10.8. The SMILES string of the molecule is CN(C)CCCNC(=O)Cn1nnnc1COc1ccc(Cl)cc1. The van der Waals surface area contributed by atoms with Gasteiger partial charge >= 0.3 is 0 Å². The third-order valence-electron chi connectivity index (χ3n) is 3.19. The average molecular weight is 353 g/mol. The van der Waals surface area contributed by atoms with E-state index in [4.69, 9.17) is 16.3 Å². The van der Waals surface area contributed by atoms with Crippen molar-refractivity contribution < 1.29 is 9.53 Å². The first kappa shape index (κ1) is 18.2. The molecule has 1 N–H and O–H groups in total. The van der Waals surface area contributed by atoms with Crippen molar-refractivity contribution in [1.29, 1.82) is 0 Å². The first-order valence-corrected chi connectivity index (χ1v) is 7.97. The third kappa shape index (κ3) is 6.13. The molecule has 130 valence electrons. The standard InChI is InChI=1S/C15H21ClN6O2/c1-21(2)9-3-8-17-15(23)10-22-14(18-19-20-22)11-24-13-6-4-12(16)5-7-13/h4-7H,3,8-11H2,1-2H3,(H,17,23). The van der Waals surface area contributed by atoms with Gasteiger partial charge in [-0.3, -0.25) is 4.79 Å². The first-order valence-electron chi connectivity index (χ1n) is 7.59. The number of hydrogen-bond acceptors (Lipinski definition) is 6. The number of aromatic nitrogens is 4. The molecule has 0 fully saturated rings. The van der Waals surface area contributed by atoms with Crippen LogP contribution in [0.3, 0.4) is 0 Å². The Balaban J connectivity index is 1.79. The highest BCUT2D eigenvalue weighted by molar-refractivity contribution is 6.30. The zero-order valence-electron chi connectivity index (χ0n) is 13.8. The summed E-state index contributed by atoms with van der Waals surface area (Å²) >= 11 is 5.82. The largest absolute Gasteiger partial charge is 0.486 e. The number of carbonyl (C=O) groups is 1. The second-order valence-corrected chi connectivity index (χ2v) is 5.94. The highest BCUT2D eigenvalue weighted by Gasteiger charge is 2.11. The summed E-state index contributed by atoms with van der Waals surface area (Å²) in [6, 6.07) is 6.99. The Bertz CT molecular complexity index is 644. The predicted octanol–water partition coefficient (Wildman–Crippen LogP) is 0.973. The minimum atomic E-state index is -0.131. The summed E-state index contributed by atoms with van der Waals surface area (Å²) in [5.74, 6) is 1.00. The smallest absolute Gasteiger partial charge is 0.241 e. The average Bonchev–Trinajstić information content (AvgIpc) is 2.98. The van der Waals surface area contributed by atoms with Crippen molar-refractivity contribution in [3.05, 3.63) is 35.1 Å². The molecule has 1 heterocycles. The lowest BCUT2D eigenvalue weighted by molar-refractivity contribution is -0.121. The van der Waals surface area contributed by atoms with Crippen molar-refractivity contribution in [3.63, 3.8) is 0 Å². The summed E-state index contributed by atoms with van der Waals surface area (Å²) in [5.41, 5.74) is 0. The maximum Gasteiger partial charge on any atom is 0.241 e. The Morgan fingerprint density at radius 1 is 1.33 bits per heavy atom. The van der Waals surface area contributed by atoms with E-state index in [1.54, 1.807) is 24.3 Å². The van der Waals surface area contributed by atoms with Gasteiger partial charge in [0.2, 0.25) is 5.91 Å². The van der Waals surface area contributed by atoms with Crippen LogP contribution in [0.2, 0.25) is 5.02 Å². The maximum atomic E-state index is 11.9. The Labute approximate surface area is 145 Å². The zero-order chi connectivity index (χ0) is 17.4. The van der Waals surface area contributed by atoms with Crippen LogP contribution in [0.5, 0.6) is 5.75 Å². The molecule has 0 atom stereocenters. The van der Waals surface area contributed by atoms with Crippen molar-refractivity contribution in [2.45, 2.75) is 19.6 Å². The van der Waals surface area contributed by atoms with Crippen molar-refractivity contribution in [2.24, 2.45) is 0 Å². The third-order valence-corrected chi connectivity index (χ3v) is 3.44. The molecule has 0 aliphatic heterocycles. The van der Waals surface area contributed by atoms with Gasteiger partial charge in [-0.05, 0) is 61.8 Å². The molecule has 0 saturated carbocycles. The molecule has 0 bridgehead atoms. The molecule has 8 nitrogen and oxygen atoms in total. The minimum absolute atomic E-state index is 0.0638. The van der Waals surface area contributed by atoms with Crippen LogP contribution >= 0.6 is 11.6 Å². The van der Waals surface area contributed by atoms with Crippen LogP contribution in [0.4, 0.5) is 0 Å². The van der Waals surface area contributed by atoms with E-state index in [-0.39, 0.29) is 19.1 Å². The molecular weight excluding hydrogens is 332 g/mol. The number of tetrazole rings is 1. The van der Waals surface area contributed by atoms with E-state index in [1.165, 1.54) is 4.68 Å². The van der Waals surface area contributed by atoms with Crippen LogP contribution in [-0.4, -0.2) is 58.2 Å². The molecule has 1 aromatic carbocycles. The lowest BCUT2D eigenvalue weighted by atomic mass is 10.3. The quantitative estimate of drug-likeness (QED) is 0.677. The first-order chi connectivity index (χ1) is 11.5. The van der Waals surface area contributed by atoms with Gasteiger partial charge in [0.15, 0.2) is 5.82 Å². The summed E-state index contributed by atoms with van der Waals surface area (Å²) in [6.45, 7) is 1.78. The molecule has 9 heteroatoms. The van der Waals surface area contributed by atoms with Crippen LogP contribution in [0.1, 0.15) is 12.2 Å². The topological polar surface area (TPSA) is 85.2 Å². The predicted molar refractivity (Wildman–Crippen MR) is 89.8 cm³/mol. The van der Waals surface area contributed by atoms with Gasteiger partial charge in [-0.2, -0.15) is 0 Å². The number of nitrogens with zero attached hydrogens (tertiary/aromatic N) is 5. The molecule has 1 aromatic heterocycles. The van der Waals surface area contributed by atoms with E-state index in [0.717, 1.165) is 13.0 Å². The van der Waals surface area contributed by atoms with Crippen molar-refractivity contribution in [1.82, 2.24) is 30.4 Å². The van der Waals surface area contributed by atoms with Crippen molar-refractivity contribution >= 4 is 17.5 Å². The summed E-state index contributed by atoms with van der Waals surface area (Å²) in [5, 5.41) is 14.8. The fraction of sp³-hybridized carbons (Fsp3) is 0.467. The lowest BCUT2D eigenvalue weighted by Crippen LogP contribution is -2.31. The maximum absolute atomic E-state index is 11.9. The number of nitrogens with one attached hydrogen (secondary N) is 1. The lowest BCUT2D eigenvalue weighted by Gasteiger charge is -2.10. The molecule has 2 aromatic rings. The summed E-state index contributed by atoms with van der Waals surface area (Å²) in [7, 11) is 3.99. The minimum Gasteiger partial charge on any atom is -0.486 e. The number of amides is 1. The monoisotopic (exact) mass is 352 g/mol. The second-order valence-electron chi connectivity index (χ2n) is 5.50. The van der Waals surface area contributed by atoms with E-state index >= 15 is 0 Å². The van der Waals surface area contributed by atoms with Gasteiger partial charge in [-0.15, -0.1) is 5.10 Å². The Morgan fingerprint density at radius 3 is 2.79 bits per heavy atom. The molecule has 0 unspecified atom stereocenters. The Hall–Kier alpha value is -2.19. The summed E-state index contributed by atoms with van der Waals surface area (Å²) in [6.07, 6.45) is 0.890. The van der Waals surface area contributed by atoms with Crippen LogP contribution in [-0.2, 0) is 17.9 Å². The molecule has 0 spiro atoms. The zero-order valence-corrected chi connectivity index (χ0v) is 14.5.